The molecule has 122 valence electrons. The van der Waals surface area contributed by atoms with E-state index in [1.54, 1.807) is 6.08 Å². The van der Waals surface area contributed by atoms with Crippen molar-refractivity contribution in [2.75, 3.05) is 25.4 Å². The van der Waals surface area contributed by atoms with Gasteiger partial charge in [0, 0.05) is 19.5 Å². The Morgan fingerprint density at radius 1 is 1.32 bits per heavy atom. The molecule has 0 aliphatic rings. The molecular formula is C18H28N2O2. The third kappa shape index (κ3) is 5.80. The lowest BCUT2D eigenvalue weighted by atomic mass is 10.1. The van der Waals surface area contributed by atoms with E-state index in [0.717, 1.165) is 31.5 Å². The number of carbonyl (C=O) groups is 1. The number of anilines is 1. The van der Waals surface area contributed by atoms with Crippen molar-refractivity contribution in [3.8, 4) is 5.75 Å². The van der Waals surface area contributed by atoms with E-state index in [2.05, 4.69) is 20.4 Å². The Hall–Kier alpha value is -1.97. The number of rotatable bonds is 10. The van der Waals surface area contributed by atoms with Crippen LogP contribution in [0.1, 0.15) is 38.7 Å². The molecule has 0 bridgehead atoms. The summed E-state index contributed by atoms with van der Waals surface area (Å²) < 4.78 is 5.45. The summed E-state index contributed by atoms with van der Waals surface area (Å²) >= 11 is 0. The fourth-order valence-corrected chi connectivity index (χ4v) is 2.34. The zero-order valence-electron chi connectivity index (χ0n) is 13.8. The minimum Gasteiger partial charge on any atom is -0.487 e. The van der Waals surface area contributed by atoms with Crippen molar-refractivity contribution in [1.82, 2.24) is 4.90 Å². The van der Waals surface area contributed by atoms with Crippen LogP contribution in [0.4, 0.5) is 5.69 Å². The Labute approximate surface area is 133 Å². The molecule has 1 amide bonds. The highest BCUT2D eigenvalue weighted by atomic mass is 16.5. The van der Waals surface area contributed by atoms with Gasteiger partial charge in [-0.3, -0.25) is 4.79 Å². The maximum atomic E-state index is 12.2. The summed E-state index contributed by atoms with van der Waals surface area (Å²) in [5.74, 6) is 0.878. The Bertz CT molecular complexity index is 480. The number of nitrogens with zero attached hydrogens (tertiary/aromatic N) is 1. The van der Waals surface area contributed by atoms with Gasteiger partial charge in [-0.25, -0.2) is 0 Å². The maximum absolute atomic E-state index is 12.2. The third-order valence-corrected chi connectivity index (χ3v) is 3.40. The quantitative estimate of drug-likeness (QED) is 0.532. The van der Waals surface area contributed by atoms with Crippen molar-refractivity contribution in [1.29, 1.82) is 0 Å². The van der Waals surface area contributed by atoms with Gasteiger partial charge in [0.05, 0.1) is 5.69 Å². The second-order valence-corrected chi connectivity index (χ2v) is 5.35. The number of carbonyl (C=O) groups excluding carboxylic acids is 1. The van der Waals surface area contributed by atoms with Crippen molar-refractivity contribution in [2.45, 2.75) is 39.5 Å². The Balaban J connectivity index is 2.58. The van der Waals surface area contributed by atoms with Crippen LogP contribution in [0.3, 0.4) is 0 Å². The molecule has 0 radical (unpaired) electrons. The van der Waals surface area contributed by atoms with Gasteiger partial charge in [-0.2, -0.15) is 0 Å². The minimum absolute atomic E-state index is 0.217. The summed E-state index contributed by atoms with van der Waals surface area (Å²) in [5.41, 5.74) is 7.63. The van der Waals surface area contributed by atoms with E-state index >= 15 is 0 Å². The molecule has 22 heavy (non-hydrogen) atoms. The van der Waals surface area contributed by atoms with Crippen molar-refractivity contribution in [2.24, 2.45) is 0 Å². The first-order valence-electron chi connectivity index (χ1n) is 8.02. The lowest BCUT2D eigenvalue weighted by Gasteiger charge is -2.21. The number of hydrogen-bond acceptors (Lipinski definition) is 3. The molecule has 1 rings (SSSR count). The summed E-state index contributed by atoms with van der Waals surface area (Å²) in [6.07, 6.45) is 4.89. The molecule has 0 fully saturated rings. The Morgan fingerprint density at radius 2 is 2.00 bits per heavy atom. The largest absolute Gasteiger partial charge is 0.487 e. The van der Waals surface area contributed by atoms with Crippen LogP contribution in [0, 0.1) is 0 Å². The van der Waals surface area contributed by atoms with E-state index < -0.39 is 0 Å². The molecule has 0 saturated carbocycles. The van der Waals surface area contributed by atoms with Gasteiger partial charge in [-0.1, -0.05) is 32.6 Å². The van der Waals surface area contributed by atoms with Crippen LogP contribution in [0.5, 0.6) is 5.75 Å². The number of hydrogen-bond donors (Lipinski definition) is 1. The molecule has 1 aromatic rings. The maximum Gasteiger partial charge on any atom is 0.222 e. The minimum atomic E-state index is 0.217. The van der Waals surface area contributed by atoms with Gasteiger partial charge in [0.2, 0.25) is 5.91 Å². The second kappa shape index (κ2) is 9.87. The van der Waals surface area contributed by atoms with E-state index in [1.807, 2.05) is 23.1 Å². The molecular weight excluding hydrogens is 276 g/mol. The van der Waals surface area contributed by atoms with Crippen molar-refractivity contribution >= 4 is 11.6 Å². The van der Waals surface area contributed by atoms with Gasteiger partial charge in [0.1, 0.15) is 12.4 Å². The molecule has 0 aliphatic heterocycles. The van der Waals surface area contributed by atoms with Crippen LogP contribution in [0.2, 0.25) is 0 Å². The third-order valence-electron chi connectivity index (χ3n) is 3.40. The first-order valence-corrected chi connectivity index (χ1v) is 8.02. The fourth-order valence-electron chi connectivity index (χ4n) is 2.34. The molecule has 0 spiro atoms. The molecule has 0 atom stereocenters. The molecule has 4 heteroatoms. The van der Waals surface area contributed by atoms with Crippen LogP contribution < -0.4 is 10.5 Å². The second-order valence-electron chi connectivity index (χ2n) is 5.35. The van der Waals surface area contributed by atoms with E-state index in [-0.39, 0.29) is 5.91 Å². The highest BCUT2D eigenvalue weighted by molar-refractivity contribution is 5.76. The zero-order chi connectivity index (χ0) is 16.4. The standard InChI is InChI=1S/C18H28N2O2/c1-4-11-20(12-5-2)18(21)10-8-15-7-9-17(16(19)14-15)22-13-6-3/h6-7,9,14H,3-5,8,10-13,19H2,1-2H3. The molecule has 0 aliphatic carbocycles. The number of nitrogens with two attached hydrogens (primary N) is 1. The predicted octanol–water partition coefficient (Wildman–Crippen LogP) is 3.41. The molecule has 0 saturated heterocycles. The summed E-state index contributed by atoms with van der Waals surface area (Å²) in [6.45, 7) is 9.91. The normalized spacial score (nSPS) is 10.3. The predicted molar refractivity (Wildman–Crippen MR) is 92.0 cm³/mol. The van der Waals surface area contributed by atoms with Gasteiger partial charge < -0.3 is 15.4 Å². The van der Waals surface area contributed by atoms with E-state index in [4.69, 9.17) is 10.5 Å². The summed E-state index contributed by atoms with van der Waals surface area (Å²) in [7, 11) is 0. The molecule has 0 heterocycles. The number of amides is 1. The lowest BCUT2D eigenvalue weighted by molar-refractivity contribution is -0.131. The van der Waals surface area contributed by atoms with Crippen LogP contribution in [0.25, 0.3) is 0 Å². The fraction of sp³-hybridized carbons (Fsp3) is 0.500. The van der Waals surface area contributed by atoms with Crippen LogP contribution in [-0.4, -0.2) is 30.5 Å². The zero-order valence-corrected chi connectivity index (χ0v) is 13.8. The average Bonchev–Trinajstić information content (AvgIpc) is 2.51. The molecule has 0 aromatic heterocycles. The van der Waals surface area contributed by atoms with Crippen molar-refractivity contribution in [3.63, 3.8) is 0 Å². The van der Waals surface area contributed by atoms with Crippen LogP contribution in [0.15, 0.2) is 30.9 Å². The van der Waals surface area contributed by atoms with Gasteiger partial charge in [-0.05, 0) is 37.0 Å². The summed E-state index contributed by atoms with van der Waals surface area (Å²) in [4.78, 5) is 14.2. The molecule has 4 nitrogen and oxygen atoms in total. The van der Waals surface area contributed by atoms with Crippen LogP contribution in [-0.2, 0) is 11.2 Å². The highest BCUT2D eigenvalue weighted by Gasteiger charge is 2.12. The Kier molecular flexibility index (Phi) is 8.11. The summed E-state index contributed by atoms with van der Waals surface area (Å²) in [5, 5.41) is 0. The number of benzene rings is 1. The van der Waals surface area contributed by atoms with Gasteiger partial charge in [0.25, 0.3) is 0 Å². The SMILES string of the molecule is C=CCOc1ccc(CCC(=O)N(CCC)CCC)cc1N. The number of aryl methyl sites for hydroxylation is 1. The van der Waals surface area contributed by atoms with E-state index in [0.29, 0.717) is 30.9 Å². The van der Waals surface area contributed by atoms with E-state index in [1.165, 1.54) is 0 Å². The first-order chi connectivity index (χ1) is 10.6. The highest BCUT2D eigenvalue weighted by Crippen LogP contribution is 2.23. The smallest absolute Gasteiger partial charge is 0.222 e. The lowest BCUT2D eigenvalue weighted by Crippen LogP contribution is -2.32. The average molecular weight is 304 g/mol. The van der Waals surface area contributed by atoms with Crippen molar-refractivity contribution in [3.05, 3.63) is 36.4 Å². The van der Waals surface area contributed by atoms with Gasteiger partial charge in [-0.15, -0.1) is 0 Å². The van der Waals surface area contributed by atoms with Gasteiger partial charge in [0.15, 0.2) is 0 Å². The topological polar surface area (TPSA) is 55.6 Å². The van der Waals surface area contributed by atoms with Crippen LogP contribution >= 0.6 is 0 Å². The molecule has 2 N–H and O–H groups in total. The Morgan fingerprint density at radius 3 is 2.55 bits per heavy atom. The number of ether oxygens (including phenoxy) is 1. The van der Waals surface area contributed by atoms with Gasteiger partial charge >= 0.3 is 0 Å². The number of nitrogen functional groups attached to an aromatic ring is 1. The monoisotopic (exact) mass is 304 g/mol. The summed E-state index contributed by atoms with van der Waals surface area (Å²) in [6, 6.07) is 5.70. The van der Waals surface area contributed by atoms with E-state index in [9.17, 15) is 4.79 Å². The molecule has 0 unspecified atom stereocenters. The van der Waals surface area contributed by atoms with Crippen molar-refractivity contribution < 1.29 is 9.53 Å². The first kappa shape index (κ1) is 18.1. The molecule has 1 aromatic carbocycles.